The van der Waals surface area contributed by atoms with E-state index in [0.717, 1.165) is 44.9 Å². The highest BCUT2D eigenvalue weighted by atomic mass is 32.1. The summed E-state index contributed by atoms with van der Waals surface area (Å²) in [4.78, 5) is 5.07. The van der Waals surface area contributed by atoms with Crippen LogP contribution in [0.1, 0.15) is 43.2 Å². The van der Waals surface area contributed by atoms with Gasteiger partial charge in [0.1, 0.15) is 5.75 Å². The molecule has 1 N–H and O–H groups in total. The molecule has 0 bridgehead atoms. The molecule has 4 rings (SSSR count). The Bertz CT molecular complexity index is 715. The molecule has 0 unspecified atom stereocenters. The van der Waals surface area contributed by atoms with Gasteiger partial charge in [0, 0.05) is 50.9 Å². The third kappa shape index (κ3) is 5.15. The number of benzene rings is 1. The Hall–Kier alpha value is -1.40. The molecule has 2 heterocycles. The number of piperazine rings is 1. The highest BCUT2D eigenvalue weighted by molar-refractivity contribution is 7.07. The Morgan fingerprint density at radius 3 is 2.71 bits per heavy atom. The van der Waals surface area contributed by atoms with E-state index < -0.39 is 0 Å². The fourth-order valence-electron chi connectivity index (χ4n) is 4.53. The molecule has 4 nitrogen and oxygen atoms in total. The van der Waals surface area contributed by atoms with Crippen molar-refractivity contribution < 1.29 is 9.84 Å². The van der Waals surface area contributed by atoms with Crippen LogP contribution >= 0.6 is 11.3 Å². The number of para-hydroxylation sites is 1. The quantitative estimate of drug-likeness (QED) is 0.722. The van der Waals surface area contributed by atoms with E-state index in [4.69, 9.17) is 4.74 Å². The lowest BCUT2D eigenvalue weighted by atomic mass is 10.1. The first kappa shape index (κ1) is 19.9. The van der Waals surface area contributed by atoms with Crippen molar-refractivity contribution in [2.45, 2.75) is 57.3 Å². The van der Waals surface area contributed by atoms with Crippen LogP contribution in [0.2, 0.25) is 0 Å². The molecular weight excluding hydrogens is 368 g/mol. The standard InChI is InChI=1S/C23H32N2O2S/c26-13-9-21-17-24(11-12-25(21)15-19-10-14-28-18-19)16-20-5-1-4-8-23(20)27-22-6-2-3-7-22/h1,4-5,8,10,14,18,21-22,26H,2-3,6-7,9,11-13,15-17H2/t21-/m1/s1. The van der Waals surface area contributed by atoms with Crippen LogP contribution < -0.4 is 4.74 Å². The zero-order valence-electron chi connectivity index (χ0n) is 16.6. The monoisotopic (exact) mass is 400 g/mol. The Kier molecular flexibility index (Phi) is 7.02. The lowest BCUT2D eigenvalue weighted by Gasteiger charge is -2.41. The van der Waals surface area contributed by atoms with E-state index in [0.29, 0.717) is 12.1 Å². The summed E-state index contributed by atoms with van der Waals surface area (Å²) >= 11 is 1.76. The van der Waals surface area contributed by atoms with Crippen LogP contribution in [-0.4, -0.2) is 53.3 Å². The third-order valence-corrected chi connectivity index (χ3v) is 6.81. The zero-order chi connectivity index (χ0) is 19.2. The van der Waals surface area contributed by atoms with Crippen molar-refractivity contribution in [2.24, 2.45) is 0 Å². The summed E-state index contributed by atoms with van der Waals surface area (Å²) in [6, 6.07) is 11.2. The van der Waals surface area contributed by atoms with E-state index in [-0.39, 0.29) is 6.61 Å². The molecule has 1 aromatic heterocycles. The van der Waals surface area contributed by atoms with E-state index in [2.05, 4.69) is 50.9 Å². The van der Waals surface area contributed by atoms with Gasteiger partial charge in [-0.15, -0.1) is 0 Å². The number of hydrogen-bond acceptors (Lipinski definition) is 5. The molecule has 5 heteroatoms. The molecule has 1 aliphatic carbocycles. The Balaban J connectivity index is 1.39. The lowest BCUT2D eigenvalue weighted by molar-refractivity contribution is 0.0493. The third-order valence-electron chi connectivity index (χ3n) is 6.08. The minimum absolute atomic E-state index is 0.250. The van der Waals surface area contributed by atoms with Gasteiger partial charge >= 0.3 is 0 Å². The molecule has 1 aromatic carbocycles. The van der Waals surface area contributed by atoms with Gasteiger partial charge in [0.15, 0.2) is 0 Å². The number of aliphatic hydroxyl groups is 1. The largest absolute Gasteiger partial charge is 0.490 e. The zero-order valence-corrected chi connectivity index (χ0v) is 17.4. The van der Waals surface area contributed by atoms with Crippen molar-refractivity contribution in [1.82, 2.24) is 9.80 Å². The molecule has 28 heavy (non-hydrogen) atoms. The first-order chi connectivity index (χ1) is 13.8. The summed E-state index contributed by atoms with van der Waals surface area (Å²) < 4.78 is 6.34. The summed E-state index contributed by atoms with van der Waals surface area (Å²) in [5.41, 5.74) is 2.68. The van der Waals surface area contributed by atoms with E-state index in [1.165, 1.54) is 36.8 Å². The average Bonchev–Trinajstić information content (AvgIpc) is 3.40. The molecular formula is C23H32N2O2S. The number of rotatable bonds is 8. The van der Waals surface area contributed by atoms with Crippen LogP contribution in [-0.2, 0) is 13.1 Å². The van der Waals surface area contributed by atoms with Gasteiger partial charge in [-0.3, -0.25) is 9.80 Å². The van der Waals surface area contributed by atoms with Crippen LogP contribution in [0.5, 0.6) is 5.75 Å². The second-order valence-corrected chi connectivity index (χ2v) is 8.92. The first-order valence-corrected chi connectivity index (χ1v) is 11.6. The van der Waals surface area contributed by atoms with E-state index >= 15 is 0 Å². The topological polar surface area (TPSA) is 35.9 Å². The van der Waals surface area contributed by atoms with Gasteiger partial charge in [-0.25, -0.2) is 0 Å². The maximum Gasteiger partial charge on any atom is 0.124 e. The van der Waals surface area contributed by atoms with Gasteiger partial charge in [0.2, 0.25) is 0 Å². The average molecular weight is 401 g/mol. The Morgan fingerprint density at radius 1 is 1.07 bits per heavy atom. The fraction of sp³-hybridized carbons (Fsp3) is 0.565. The van der Waals surface area contributed by atoms with Gasteiger partial charge in [-0.05, 0) is 60.6 Å². The molecule has 0 spiro atoms. The van der Waals surface area contributed by atoms with Crippen molar-refractivity contribution >= 4 is 11.3 Å². The maximum atomic E-state index is 9.58. The van der Waals surface area contributed by atoms with Gasteiger partial charge in [-0.1, -0.05) is 18.2 Å². The van der Waals surface area contributed by atoms with Crippen LogP contribution in [0.15, 0.2) is 41.1 Å². The van der Waals surface area contributed by atoms with Gasteiger partial charge in [0.25, 0.3) is 0 Å². The van der Waals surface area contributed by atoms with Crippen LogP contribution in [0, 0.1) is 0 Å². The fourth-order valence-corrected chi connectivity index (χ4v) is 5.18. The van der Waals surface area contributed by atoms with E-state index in [9.17, 15) is 5.11 Å². The highest BCUT2D eigenvalue weighted by Gasteiger charge is 2.27. The highest BCUT2D eigenvalue weighted by Crippen LogP contribution is 2.28. The summed E-state index contributed by atoms with van der Waals surface area (Å²) in [7, 11) is 0. The van der Waals surface area contributed by atoms with Crippen molar-refractivity contribution in [3.8, 4) is 5.75 Å². The first-order valence-electron chi connectivity index (χ1n) is 10.6. The molecule has 2 aromatic rings. The second-order valence-electron chi connectivity index (χ2n) is 8.14. The van der Waals surface area contributed by atoms with Crippen molar-refractivity contribution in [1.29, 1.82) is 0 Å². The minimum Gasteiger partial charge on any atom is -0.490 e. The van der Waals surface area contributed by atoms with Crippen molar-refractivity contribution in [3.05, 3.63) is 52.2 Å². The molecule has 1 saturated carbocycles. The van der Waals surface area contributed by atoms with E-state index in [1.807, 2.05) is 0 Å². The van der Waals surface area contributed by atoms with Gasteiger partial charge < -0.3 is 9.84 Å². The van der Waals surface area contributed by atoms with Crippen LogP contribution in [0.4, 0.5) is 0 Å². The minimum atomic E-state index is 0.250. The summed E-state index contributed by atoms with van der Waals surface area (Å²) in [5, 5.41) is 14.0. The predicted molar refractivity (Wildman–Crippen MR) is 115 cm³/mol. The molecule has 0 amide bonds. The number of nitrogens with zero attached hydrogens (tertiary/aromatic N) is 2. The SMILES string of the molecule is OCC[C@@H]1CN(Cc2ccccc2OC2CCCC2)CCN1Cc1ccsc1. The molecule has 1 atom stereocenters. The number of aliphatic hydroxyl groups excluding tert-OH is 1. The normalized spacial score (nSPS) is 22.0. The van der Waals surface area contributed by atoms with Crippen molar-refractivity contribution in [3.63, 3.8) is 0 Å². The predicted octanol–water partition coefficient (Wildman–Crippen LogP) is 4.14. The van der Waals surface area contributed by atoms with Crippen LogP contribution in [0.3, 0.4) is 0 Å². The lowest BCUT2D eigenvalue weighted by Crippen LogP contribution is -2.52. The summed E-state index contributed by atoms with van der Waals surface area (Å²) in [5.74, 6) is 1.06. The Labute approximate surface area is 172 Å². The summed E-state index contributed by atoms with van der Waals surface area (Å²) in [6.07, 6.45) is 6.19. The van der Waals surface area contributed by atoms with Crippen molar-refractivity contribution in [2.75, 3.05) is 26.2 Å². The number of thiophene rings is 1. The molecule has 1 saturated heterocycles. The maximum absolute atomic E-state index is 9.58. The smallest absolute Gasteiger partial charge is 0.124 e. The number of ether oxygens (including phenoxy) is 1. The molecule has 2 aliphatic rings. The molecule has 2 fully saturated rings. The number of hydrogen-bond donors (Lipinski definition) is 1. The molecule has 1 aliphatic heterocycles. The molecule has 0 radical (unpaired) electrons. The van der Waals surface area contributed by atoms with Gasteiger partial charge in [-0.2, -0.15) is 11.3 Å². The molecule has 152 valence electrons. The van der Waals surface area contributed by atoms with Gasteiger partial charge in [0.05, 0.1) is 6.10 Å². The second kappa shape index (κ2) is 9.88. The summed E-state index contributed by atoms with van der Waals surface area (Å²) in [6.45, 7) is 5.28. The Morgan fingerprint density at radius 2 is 1.93 bits per heavy atom. The van der Waals surface area contributed by atoms with Crippen LogP contribution in [0.25, 0.3) is 0 Å². The van der Waals surface area contributed by atoms with E-state index in [1.54, 1.807) is 11.3 Å².